The van der Waals surface area contributed by atoms with Gasteiger partial charge in [0.25, 0.3) is 0 Å². The predicted molar refractivity (Wildman–Crippen MR) is 77.1 cm³/mol. The zero-order valence-electron chi connectivity index (χ0n) is 12.4. The Morgan fingerprint density at radius 1 is 1.15 bits per heavy atom. The van der Waals surface area contributed by atoms with Gasteiger partial charge in [-0.1, -0.05) is 0 Å². The van der Waals surface area contributed by atoms with Crippen molar-refractivity contribution in [3.63, 3.8) is 0 Å². The van der Waals surface area contributed by atoms with Crippen molar-refractivity contribution in [2.75, 3.05) is 40.4 Å². The Morgan fingerprint density at radius 3 is 2.40 bits per heavy atom. The van der Waals surface area contributed by atoms with Crippen molar-refractivity contribution >= 4 is 0 Å². The molecule has 0 atom stereocenters. The molecule has 20 heavy (non-hydrogen) atoms. The summed E-state index contributed by atoms with van der Waals surface area (Å²) < 4.78 is 10.5. The number of ether oxygens (including phenoxy) is 2. The van der Waals surface area contributed by atoms with E-state index in [1.54, 1.807) is 14.2 Å². The Morgan fingerprint density at radius 2 is 1.80 bits per heavy atom. The second kappa shape index (κ2) is 8.01. The number of hydrogen-bond donors (Lipinski definition) is 1. The first-order valence-electron chi connectivity index (χ1n) is 7.20. The van der Waals surface area contributed by atoms with Crippen LogP contribution in [0.25, 0.3) is 0 Å². The Balaban J connectivity index is 1.75. The monoisotopic (exact) mass is 280 g/mol. The maximum absolute atomic E-state index is 5.25. The molecule has 0 spiro atoms. The van der Waals surface area contributed by atoms with Gasteiger partial charge in [-0.25, -0.2) is 9.97 Å². The number of nitrogens with zero attached hydrogens (tertiary/aromatic N) is 3. The first kappa shape index (κ1) is 15.0. The lowest BCUT2D eigenvalue weighted by Crippen LogP contribution is -2.25. The Hall–Kier alpha value is -1.40. The Bertz CT molecular complexity index is 386. The van der Waals surface area contributed by atoms with Crippen LogP contribution in [0.2, 0.25) is 0 Å². The number of methoxy groups -OCH3 is 2. The van der Waals surface area contributed by atoms with E-state index >= 15 is 0 Å². The highest BCUT2D eigenvalue weighted by atomic mass is 16.5. The summed E-state index contributed by atoms with van der Waals surface area (Å²) in [5, 5.41) is 3.41. The maximum atomic E-state index is 5.25. The highest BCUT2D eigenvalue weighted by Gasteiger charge is 2.13. The molecule has 0 saturated carbocycles. The smallest absolute Gasteiger partial charge is 0.224 e. The zero-order valence-corrected chi connectivity index (χ0v) is 12.4. The molecule has 1 fully saturated rings. The summed E-state index contributed by atoms with van der Waals surface area (Å²) in [6.07, 6.45) is 5.30. The van der Waals surface area contributed by atoms with Gasteiger partial charge in [-0.2, -0.15) is 0 Å². The molecule has 2 heterocycles. The summed E-state index contributed by atoms with van der Waals surface area (Å²) >= 11 is 0. The Kier molecular flexibility index (Phi) is 6.01. The van der Waals surface area contributed by atoms with Gasteiger partial charge in [0.2, 0.25) is 11.8 Å². The summed E-state index contributed by atoms with van der Waals surface area (Å²) in [5.74, 6) is 1.15. The van der Waals surface area contributed by atoms with E-state index in [0.717, 1.165) is 18.5 Å². The Labute approximate surface area is 120 Å². The lowest BCUT2D eigenvalue weighted by atomic mass is 10.3. The van der Waals surface area contributed by atoms with Crippen LogP contribution in [0.3, 0.4) is 0 Å². The lowest BCUT2D eigenvalue weighted by molar-refractivity contribution is 0.329. The number of aromatic nitrogens is 2. The molecule has 0 unspecified atom stereocenters. The van der Waals surface area contributed by atoms with E-state index in [1.807, 2.05) is 0 Å². The van der Waals surface area contributed by atoms with Gasteiger partial charge in [-0.15, -0.1) is 0 Å². The molecule has 2 rings (SSSR count). The normalized spacial score (nSPS) is 15.5. The third kappa shape index (κ3) is 4.05. The van der Waals surface area contributed by atoms with Gasteiger partial charge in [-0.3, -0.25) is 0 Å². The second-order valence-electron chi connectivity index (χ2n) is 4.95. The van der Waals surface area contributed by atoms with Crippen LogP contribution in [0.4, 0.5) is 0 Å². The number of rotatable bonds is 8. The highest BCUT2D eigenvalue weighted by Crippen LogP contribution is 2.22. The molecule has 1 saturated heterocycles. The van der Waals surface area contributed by atoms with Gasteiger partial charge in [0.1, 0.15) is 6.33 Å². The first-order chi connectivity index (χ1) is 9.85. The highest BCUT2D eigenvalue weighted by molar-refractivity contribution is 5.34. The topological polar surface area (TPSA) is 59.5 Å². The number of hydrogen-bond acceptors (Lipinski definition) is 6. The fourth-order valence-electron chi connectivity index (χ4n) is 2.53. The van der Waals surface area contributed by atoms with E-state index in [9.17, 15) is 0 Å². The quantitative estimate of drug-likeness (QED) is 0.719. The molecule has 1 aliphatic heterocycles. The van der Waals surface area contributed by atoms with Crippen LogP contribution in [0.1, 0.15) is 24.8 Å². The van der Waals surface area contributed by atoms with Crippen LogP contribution in [0.5, 0.6) is 11.8 Å². The molecule has 0 aromatic carbocycles. The van der Waals surface area contributed by atoms with Crippen molar-refractivity contribution in [3.05, 3.63) is 11.9 Å². The summed E-state index contributed by atoms with van der Waals surface area (Å²) in [6, 6.07) is 0. The van der Waals surface area contributed by atoms with Gasteiger partial charge in [0, 0.05) is 6.54 Å². The molecule has 0 amide bonds. The molecule has 1 aliphatic rings. The molecular weight excluding hydrogens is 256 g/mol. The van der Waals surface area contributed by atoms with E-state index in [1.165, 1.54) is 38.8 Å². The van der Waals surface area contributed by atoms with Gasteiger partial charge in [0.05, 0.1) is 19.8 Å². The molecule has 1 aromatic rings. The van der Waals surface area contributed by atoms with Crippen molar-refractivity contribution in [1.29, 1.82) is 0 Å². The fraction of sp³-hybridized carbons (Fsp3) is 0.714. The summed E-state index contributed by atoms with van der Waals surface area (Å²) in [5.41, 5.74) is 0.874. The van der Waals surface area contributed by atoms with E-state index in [2.05, 4.69) is 20.2 Å². The van der Waals surface area contributed by atoms with Crippen LogP contribution in [-0.2, 0) is 6.54 Å². The minimum atomic E-state index is 0.573. The van der Waals surface area contributed by atoms with E-state index in [-0.39, 0.29) is 0 Å². The van der Waals surface area contributed by atoms with Crippen LogP contribution in [0.15, 0.2) is 6.33 Å². The van der Waals surface area contributed by atoms with Gasteiger partial charge in [0.15, 0.2) is 0 Å². The fourth-order valence-corrected chi connectivity index (χ4v) is 2.53. The SMILES string of the molecule is COc1ncnc(OC)c1CNCCCN1CCCC1. The summed E-state index contributed by atoms with van der Waals surface area (Å²) in [7, 11) is 3.22. The van der Waals surface area contributed by atoms with Crippen molar-refractivity contribution in [1.82, 2.24) is 20.2 Å². The lowest BCUT2D eigenvalue weighted by Gasteiger charge is -2.15. The third-order valence-corrected chi connectivity index (χ3v) is 3.58. The molecule has 6 heteroatoms. The first-order valence-corrected chi connectivity index (χ1v) is 7.20. The standard InChI is InChI=1S/C14H24N4O2/c1-19-13-12(14(20-2)17-11-16-13)10-15-6-5-9-18-7-3-4-8-18/h11,15H,3-10H2,1-2H3. The summed E-state index contributed by atoms with van der Waals surface area (Å²) in [4.78, 5) is 10.7. The van der Waals surface area contributed by atoms with Crippen molar-refractivity contribution in [2.24, 2.45) is 0 Å². The molecule has 112 valence electrons. The van der Waals surface area contributed by atoms with E-state index < -0.39 is 0 Å². The number of likely N-dealkylation sites (tertiary alicyclic amines) is 1. The molecule has 1 N–H and O–H groups in total. The predicted octanol–water partition coefficient (Wildman–Crippen LogP) is 1.07. The minimum Gasteiger partial charge on any atom is -0.481 e. The molecule has 6 nitrogen and oxygen atoms in total. The number of nitrogens with one attached hydrogen (secondary N) is 1. The van der Waals surface area contributed by atoms with Crippen LogP contribution < -0.4 is 14.8 Å². The van der Waals surface area contributed by atoms with Gasteiger partial charge < -0.3 is 19.7 Å². The maximum Gasteiger partial charge on any atom is 0.224 e. The van der Waals surface area contributed by atoms with Crippen LogP contribution in [0, 0.1) is 0 Å². The largest absolute Gasteiger partial charge is 0.481 e. The molecule has 0 bridgehead atoms. The molecule has 1 aromatic heterocycles. The van der Waals surface area contributed by atoms with Crippen LogP contribution in [-0.4, -0.2) is 55.3 Å². The zero-order chi connectivity index (χ0) is 14.2. The van der Waals surface area contributed by atoms with Gasteiger partial charge in [-0.05, 0) is 45.4 Å². The summed E-state index contributed by atoms with van der Waals surface area (Å²) in [6.45, 7) is 5.32. The van der Waals surface area contributed by atoms with Gasteiger partial charge >= 0.3 is 0 Å². The average molecular weight is 280 g/mol. The average Bonchev–Trinajstić information content (AvgIpc) is 3.00. The van der Waals surface area contributed by atoms with Crippen molar-refractivity contribution in [2.45, 2.75) is 25.8 Å². The van der Waals surface area contributed by atoms with E-state index in [4.69, 9.17) is 9.47 Å². The van der Waals surface area contributed by atoms with Crippen LogP contribution >= 0.6 is 0 Å². The molecule has 0 aliphatic carbocycles. The molecule has 0 radical (unpaired) electrons. The van der Waals surface area contributed by atoms with E-state index in [0.29, 0.717) is 18.3 Å². The minimum absolute atomic E-state index is 0.573. The van der Waals surface area contributed by atoms with Crippen molar-refractivity contribution in [3.8, 4) is 11.8 Å². The third-order valence-electron chi connectivity index (χ3n) is 3.58. The second-order valence-corrected chi connectivity index (χ2v) is 4.95. The molecular formula is C14H24N4O2. The van der Waals surface area contributed by atoms with Crippen molar-refractivity contribution < 1.29 is 9.47 Å².